The third-order valence-electron chi connectivity index (χ3n) is 5.87. The van der Waals surface area contributed by atoms with Crippen LogP contribution in [0.25, 0.3) is 22.3 Å². The number of hydrogen-bond acceptors (Lipinski definition) is 5. The maximum Gasteiger partial charge on any atom is 0.163 e. The number of aromatic nitrogens is 3. The van der Waals surface area contributed by atoms with Crippen LogP contribution in [0.2, 0.25) is 0 Å². The molecule has 0 aliphatic carbocycles. The lowest BCUT2D eigenvalue weighted by molar-refractivity contribution is -0.935. The van der Waals surface area contributed by atoms with Crippen molar-refractivity contribution in [3.05, 3.63) is 72.9 Å². The van der Waals surface area contributed by atoms with Crippen LogP contribution in [-0.2, 0) is 0 Å². The molecule has 1 aromatic carbocycles. The van der Waals surface area contributed by atoms with E-state index in [1.54, 1.807) is 23.6 Å². The Morgan fingerprint density at radius 2 is 1.87 bits per heavy atom. The first kappa shape index (κ1) is 18.8. The molecule has 3 aromatic heterocycles. The second-order valence-corrected chi connectivity index (χ2v) is 7.82. The number of piperidine rings is 1. The van der Waals surface area contributed by atoms with Gasteiger partial charge in [0.2, 0.25) is 0 Å². The maximum absolute atomic E-state index is 5.82. The van der Waals surface area contributed by atoms with Gasteiger partial charge in [-0.05, 0) is 55.7 Å². The molecule has 0 unspecified atom stereocenters. The van der Waals surface area contributed by atoms with Gasteiger partial charge in [-0.25, -0.2) is 9.97 Å². The Labute approximate surface area is 176 Å². The summed E-state index contributed by atoms with van der Waals surface area (Å²) in [4.78, 5) is 15.4. The Hall–Kier alpha value is -3.25. The van der Waals surface area contributed by atoms with Gasteiger partial charge in [-0.1, -0.05) is 12.1 Å². The lowest BCUT2D eigenvalue weighted by atomic mass is 10.1. The molecule has 0 bridgehead atoms. The zero-order valence-corrected chi connectivity index (χ0v) is 16.9. The molecule has 0 saturated carbocycles. The molecule has 4 heterocycles. The maximum atomic E-state index is 5.82. The van der Waals surface area contributed by atoms with Gasteiger partial charge < -0.3 is 14.6 Å². The van der Waals surface area contributed by atoms with Crippen molar-refractivity contribution in [3.63, 3.8) is 0 Å². The number of hydrogen-bond donors (Lipinski definition) is 2. The van der Waals surface area contributed by atoms with Gasteiger partial charge in [-0.3, -0.25) is 4.98 Å². The highest BCUT2D eigenvalue weighted by atomic mass is 16.3. The molecule has 0 radical (unpaired) electrons. The second-order valence-electron chi connectivity index (χ2n) is 7.82. The van der Waals surface area contributed by atoms with Crippen molar-refractivity contribution < 1.29 is 9.32 Å². The number of benzene rings is 1. The Balaban J connectivity index is 1.47. The van der Waals surface area contributed by atoms with E-state index in [1.165, 1.54) is 32.4 Å². The molecule has 1 fully saturated rings. The number of anilines is 1. The van der Waals surface area contributed by atoms with Crippen molar-refractivity contribution in [1.29, 1.82) is 0 Å². The molecular weight excluding hydrogens is 374 g/mol. The minimum Gasteiger partial charge on any atom is -0.463 e. The minimum absolute atomic E-state index is 0.260. The zero-order chi connectivity index (χ0) is 20.2. The van der Waals surface area contributed by atoms with E-state index in [-0.39, 0.29) is 6.04 Å². The van der Waals surface area contributed by atoms with Crippen LogP contribution in [0.3, 0.4) is 0 Å². The van der Waals surface area contributed by atoms with Crippen molar-refractivity contribution in [2.24, 2.45) is 0 Å². The number of furan rings is 1. The number of nitrogens with zero attached hydrogens (tertiary/aromatic N) is 3. The fourth-order valence-electron chi connectivity index (χ4n) is 4.32. The van der Waals surface area contributed by atoms with E-state index in [0.717, 1.165) is 34.6 Å². The van der Waals surface area contributed by atoms with Crippen LogP contribution in [-0.4, -0.2) is 34.6 Å². The van der Waals surface area contributed by atoms with Gasteiger partial charge in [0.05, 0.1) is 31.4 Å². The number of quaternary nitrogens is 1. The predicted octanol–water partition coefficient (Wildman–Crippen LogP) is 3.51. The molecule has 0 spiro atoms. The average Bonchev–Trinajstić information content (AvgIpc) is 3.35. The standard InChI is InChI=1S/C24H25N5O/c1-4-13-29(14-5-1)21(22-11-7-15-30-22)17-26-24-19-9-2-3-10-20(19)27-23(28-24)18-8-6-12-25-16-18/h2-3,6-12,15-16,21H,1,4-5,13-14,17H2,(H,26,27,28)/p+1/t21-/m1/s1. The summed E-state index contributed by atoms with van der Waals surface area (Å²) < 4.78 is 5.82. The largest absolute Gasteiger partial charge is 0.463 e. The molecule has 2 N–H and O–H groups in total. The molecule has 1 aliphatic heterocycles. The van der Waals surface area contributed by atoms with Gasteiger partial charge in [-0.15, -0.1) is 0 Å². The smallest absolute Gasteiger partial charge is 0.163 e. The third-order valence-corrected chi connectivity index (χ3v) is 5.87. The minimum atomic E-state index is 0.260. The molecule has 1 saturated heterocycles. The number of nitrogens with one attached hydrogen (secondary N) is 2. The number of fused-ring (bicyclic) bond motifs is 1. The van der Waals surface area contributed by atoms with Crippen molar-refractivity contribution in [1.82, 2.24) is 15.0 Å². The predicted molar refractivity (Wildman–Crippen MR) is 117 cm³/mol. The Bertz CT molecular complexity index is 1090. The SMILES string of the molecule is c1cncc(-c2nc(NC[C@H](c3ccco3)[NH+]3CCCCC3)c3ccccc3n2)c1. The van der Waals surface area contributed by atoms with E-state index < -0.39 is 0 Å². The van der Waals surface area contributed by atoms with Crippen LogP contribution < -0.4 is 10.2 Å². The number of para-hydroxylation sites is 1. The Morgan fingerprint density at radius 1 is 0.967 bits per heavy atom. The van der Waals surface area contributed by atoms with E-state index in [9.17, 15) is 0 Å². The first-order valence-electron chi connectivity index (χ1n) is 10.7. The molecule has 152 valence electrons. The topological polar surface area (TPSA) is 68.3 Å². The monoisotopic (exact) mass is 400 g/mol. The van der Waals surface area contributed by atoms with E-state index >= 15 is 0 Å². The van der Waals surface area contributed by atoms with E-state index in [4.69, 9.17) is 14.4 Å². The highest BCUT2D eigenvalue weighted by Crippen LogP contribution is 2.25. The zero-order valence-electron chi connectivity index (χ0n) is 16.9. The van der Waals surface area contributed by atoms with Gasteiger partial charge in [-0.2, -0.15) is 0 Å². The first-order valence-corrected chi connectivity index (χ1v) is 10.7. The van der Waals surface area contributed by atoms with Gasteiger partial charge in [0.1, 0.15) is 5.82 Å². The number of rotatable bonds is 6. The molecule has 30 heavy (non-hydrogen) atoms. The first-order chi connectivity index (χ1) is 14.9. The molecule has 4 aromatic rings. The number of pyridine rings is 1. The van der Waals surface area contributed by atoms with Crippen LogP contribution >= 0.6 is 0 Å². The van der Waals surface area contributed by atoms with Crippen LogP contribution in [0.5, 0.6) is 0 Å². The summed E-state index contributed by atoms with van der Waals surface area (Å²) in [7, 11) is 0. The fraction of sp³-hybridized carbons (Fsp3) is 0.292. The van der Waals surface area contributed by atoms with Gasteiger partial charge in [0.15, 0.2) is 17.6 Å². The van der Waals surface area contributed by atoms with Crippen LogP contribution in [0.15, 0.2) is 71.6 Å². The highest BCUT2D eigenvalue weighted by molar-refractivity contribution is 5.90. The Morgan fingerprint density at radius 3 is 2.67 bits per heavy atom. The molecular formula is C24H26N5O+. The van der Waals surface area contributed by atoms with Gasteiger partial charge in [0.25, 0.3) is 0 Å². The lowest BCUT2D eigenvalue weighted by Crippen LogP contribution is -3.13. The van der Waals surface area contributed by atoms with Crippen molar-refractivity contribution in [2.45, 2.75) is 25.3 Å². The second kappa shape index (κ2) is 8.63. The summed E-state index contributed by atoms with van der Waals surface area (Å²) >= 11 is 0. The summed E-state index contributed by atoms with van der Waals surface area (Å²) in [6.07, 6.45) is 9.21. The molecule has 5 rings (SSSR count). The van der Waals surface area contributed by atoms with E-state index in [0.29, 0.717) is 5.82 Å². The van der Waals surface area contributed by atoms with Crippen LogP contribution in [0.4, 0.5) is 5.82 Å². The van der Waals surface area contributed by atoms with Crippen molar-refractivity contribution in [2.75, 3.05) is 25.0 Å². The quantitative estimate of drug-likeness (QED) is 0.518. The number of likely N-dealkylation sites (tertiary alicyclic amines) is 1. The molecule has 0 amide bonds. The molecule has 6 heteroatoms. The lowest BCUT2D eigenvalue weighted by Gasteiger charge is -2.30. The summed E-state index contributed by atoms with van der Waals surface area (Å²) in [6.45, 7) is 3.12. The van der Waals surface area contributed by atoms with Crippen molar-refractivity contribution >= 4 is 16.7 Å². The normalized spacial score (nSPS) is 15.9. The summed E-state index contributed by atoms with van der Waals surface area (Å²) in [5, 5.41) is 4.66. The highest BCUT2D eigenvalue weighted by Gasteiger charge is 2.28. The van der Waals surface area contributed by atoms with Crippen LogP contribution in [0, 0.1) is 0 Å². The van der Waals surface area contributed by atoms with E-state index in [1.807, 2.05) is 36.4 Å². The summed E-state index contributed by atoms with van der Waals surface area (Å²) in [5.74, 6) is 2.57. The van der Waals surface area contributed by atoms with E-state index in [2.05, 4.69) is 22.4 Å². The average molecular weight is 401 g/mol. The molecule has 1 atom stereocenters. The third kappa shape index (κ3) is 3.91. The molecule has 1 aliphatic rings. The Kier molecular flexibility index (Phi) is 5.40. The van der Waals surface area contributed by atoms with Gasteiger partial charge in [0, 0.05) is 23.3 Å². The summed E-state index contributed by atoms with van der Waals surface area (Å²) in [5.41, 5.74) is 1.84. The van der Waals surface area contributed by atoms with Crippen LogP contribution in [0.1, 0.15) is 31.1 Å². The van der Waals surface area contributed by atoms with Gasteiger partial charge >= 0.3 is 0 Å². The summed E-state index contributed by atoms with van der Waals surface area (Å²) in [6, 6.07) is 16.4. The molecule has 6 nitrogen and oxygen atoms in total. The van der Waals surface area contributed by atoms with Crippen molar-refractivity contribution in [3.8, 4) is 11.4 Å². The fourth-order valence-corrected chi connectivity index (χ4v) is 4.32.